The normalized spacial score (nSPS) is 16.2. The first-order valence-corrected chi connectivity index (χ1v) is 6.55. The molecule has 2 aromatic rings. The molecule has 1 saturated heterocycles. The Morgan fingerprint density at radius 1 is 1.11 bits per heavy atom. The van der Waals surface area contributed by atoms with Gasteiger partial charge in [0.1, 0.15) is 6.07 Å². The van der Waals surface area contributed by atoms with Gasteiger partial charge in [0.15, 0.2) is 5.69 Å². The molecule has 0 unspecified atom stereocenters. The van der Waals surface area contributed by atoms with Crippen LogP contribution in [-0.4, -0.2) is 28.3 Å². The van der Waals surface area contributed by atoms with Crippen LogP contribution >= 0.6 is 0 Å². The van der Waals surface area contributed by atoms with Crippen molar-refractivity contribution in [2.75, 3.05) is 18.5 Å². The van der Waals surface area contributed by atoms with Gasteiger partial charge >= 0.3 is 0 Å². The predicted octanol–water partition coefficient (Wildman–Crippen LogP) is 2.31. The van der Waals surface area contributed by atoms with E-state index in [2.05, 4.69) is 26.7 Å². The van der Waals surface area contributed by atoms with E-state index in [9.17, 15) is 5.26 Å². The maximum atomic E-state index is 9.20. The molecule has 1 aliphatic rings. The zero-order chi connectivity index (χ0) is 13.1. The van der Waals surface area contributed by atoms with Crippen LogP contribution in [0.1, 0.15) is 25.0 Å². The number of fused-ring (bicyclic) bond motifs is 1. The summed E-state index contributed by atoms with van der Waals surface area (Å²) < 4.78 is 0. The van der Waals surface area contributed by atoms with Gasteiger partial charge in [-0.05, 0) is 18.9 Å². The van der Waals surface area contributed by atoms with E-state index < -0.39 is 0 Å². The molecular weight excluding hydrogens is 238 g/mol. The van der Waals surface area contributed by atoms with Crippen molar-refractivity contribution in [3.8, 4) is 6.07 Å². The maximum Gasteiger partial charge on any atom is 0.188 e. The molecule has 5 nitrogen and oxygen atoms in total. The number of hydrogen-bond donors (Lipinski definition) is 1. The topological polar surface area (TPSA) is 64.8 Å². The second-order valence-electron chi connectivity index (χ2n) is 4.71. The smallest absolute Gasteiger partial charge is 0.188 e. The molecule has 0 spiro atoms. The first kappa shape index (κ1) is 11.9. The fourth-order valence-electron chi connectivity index (χ4n) is 2.41. The summed E-state index contributed by atoms with van der Waals surface area (Å²) in [6, 6.07) is 9.87. The van der Waals surface area contributed by atoms with Crippen molar-refractivity contribution >= 4 is 16.6 Å². The quantitative estimate of drug-likeness (QED) is 0.889. The lowest BCUT2D eigenvalue weighted by molar-refractivity contribution is 0.273. The molecule has 5 heteroatoms. The highest BCUT2D eigenvalue weighted by Gasteiger charge is 2.15. The molecule has 0 atom stereocenters. The molecule has 19 heavy (non-hydrogen) atoms. The summed E-state index contributed by atoms with van der Waals surface area (Å²) in [5, 5.41) is 20.4. The molecule has 3 rings (SSSR count). The molecule has 96 valence electrons. The van der Waals surface area contributed by atoms with E-state index in [4.69, 9.17) is 0 Å². The van der Waals surface area contributed by atoms with Crippen LogP contribution in [0.25, 0.3) is 10.9 Å². The van der Waals surface area contributed by atoms with Gasteiger partial charge in [-0.3, -0.25) is 0 Å². The van der Waals surface area contributed by atoms with Crippen molar-refractivity contribution in [2.24, 2.45) is 0 Å². The number of nitrogens with zero attached hydrogens (tertiary/aromatic N) is 4. The number of rotatable bonds is 2. The van der Waals surface area contributed by atoms with E-state index in [1.165, 1.54) is 19.3 Å². The second kappa shape index (κ2) is 5.21. The highest BCUT2D eigenvalue weighted by molar-refractivity contribution is 5.92. The average molecular weight is 253 g/mol. The summed E-state index contributed by atoms with van der Waals surface area (Å²) >= 11 is 0. The lowest BCUT2D eigenvalue weighted by atomic mass is 10.1. The molecule has 1 aliphatic heterocycles. The molecule has 1 aromatic heterocycles. The maximum absolute atomic E-state index is 9.20. The predicted molar refractivity (Wildman–Crippen MR) is 73.3 cm³/mol. The van der Waals surface area contributed by atoms with Gasteiger partial charge < -0.3 is 5.43 Å². The standard InChI is InChI=1S/C14H15N5/c15-10-13-14(18-19-8-4-1-5-9-19)11-6-2-3-7-12(11)16-17-13/h2-3,6-7H,1,4-5,8-9H2,(H,16,18). The Labute approximate surface area is 111 Å². The van der Waals surface area contributed by atoms with Crippen LogP contribution in [0.5, 0.6) is 0 Å². The van der Waals surface area contributed by atoms with Gasteiger partial charge in [0.2, 0.25) is 0 Å². The van der Waals surface area contributed by atoms with Crippen molar-refractivity contribution in [3.63, 3.8) is 0 Å². The lowest BCUT2D eigenvalue weighted by Crippen LogP contribution is -2.35. The zero-order valence-electron chi connectivity index (χ0n) is 10.6. The van der Waals surface area contributed by atoms with E-state index in [0.29, 0.717) is 5.69 Å². The Morgan fingerprint density at radius 2 is 1.89 bits per heavy atom. The summed E-state index contributed by atoms with van der Waals surface area (Å²) in [7, 11) is 0. The van der Waals surface area contributed by atoms with Crippen LogP contribution in [0.15, 0.2) is 24.3 Å². The summed E-state index contributed by atoms with van der Waals surface area (Å²) in [6.07, 6.45) is 3.65. The van der Waals surface area contributed by atoms with Crippen molar-refractivity contribution in [3.05, 3.63) is 30.0 Å². The van der Waals surface area contributed by atoms with Crippen molar-refractivity contribution < 1.29 is 0 Å². The highest BCUT2D eigenvalue weighted by Crippen LogP contribution is 2.25. The molecule has 0 amide bonds. The molecule has 1 fully saturated rings. The summed E-state index contributed by atoms with van der Waals surface area (Å²) in [5.41, 5.74) is 5.28. The summed E-state index contributed by atoms with van der Waals surface area (Å²) in [6.45, 7) is 2.00. The molecule has 1 aromatic carbocycles. The third kappa shape index (κ3) is 2.35. The summed E-state index contributed by atoms with van der Waals surface area (Å²) in [5.74, 6) is 0. The Balaban J connectivity index is 2.02. The van der Waals surface area contributed by atoms with Crippen LogP contribution in [0.3, 0.4) is 0 Å². The number of hydrogen-bond acceptors (Lipinski definition) is 5. The molecule has 0 saturated carbocycles. The van der Waals surface area contributed by atoms with E-state index in [-0.39, 0.29) is 0 Å². The van der Waals surface area contributed by atoms with Crippen LogP contribution in [-0.2, 0) is 0 Å². The van der Waals surface area contributed by atoms with Gasteiger partial charge in [-0.15, -0.1) is 10.2 Å². The third-order valence-electron chi connectivity index (χ3n) is 3.40. The van der Waals surface area contributed by atoms with Crippen LogP contribution < -0.4 is 5.43 Å². The highest BCUT2D eigenvalue weighted by atomic mass is 15.5. The van der Waals surface area contributed by atoms with Crippen LogP contribution in [0, 0.1) is 11.3 Å². The lowest BCUT2D eigenvalue weighted by Gasteiger charge is -2.28. The second-order valence-corrected chi connectivity index (χ2v) is 4.71. The Kier molecular flexibility index (Phi) is 3.25. The minimum atomic E-state index is 0.351. The fourth-order valence-corrected chi connectivity index (χ4v) is 2.41. The van der Waals surface area contributed by atoms with Gasteiger partial charge in [-0.1, -0.05) is 24.6 Å². The Bertz CT molecular complexity index is 625. The third-order valence-corrected chi connectivity index (χ3v) is 3.40. The SMILES string of the molecule is N#Cc1nnc2ccccc2c1NN1CCCCC1. The minimum Gasteiger partial charge on any atom is -0.316 e. The molecule has 0 radical (unpaired) electrons. The molecule has 0 aliphatic carbocycles. The minimum absolute atomic E-state index is 0.351. The van der Waals surface area contributed by atoms with E-state index in [1.807, 2.05) is 24.3 Å². The number of hydrazine groups is 1. The molecule has 1 N–H and O–H groups in total. The Morgan fingerprint density at radius 3 is 2.68 bits per heavy atom. The number of piperidine rings is 1. The largest absolute Gasteiger partial charge is 0.316 e. The van der Waals surface area contributed by atoms with Crippen molar-refractivity contribution in [2.45, 2.75) is 19.3 Å². The van der Waals surface area contributed by atoms with E-state index in [1.54, 1.807) is 0 Å². The van der Waals surface area contributed by atoms with E-state index in [0.717, 1.165) is 29.7 Å². The van der Waals surface area contributed by atoms with Crippen molar-refractivity contribution in [1.29, 1.82) is 5.26 Å². The van der Waals surface area contributed by atoms with Crippen LogP contribution in [0.4, 0.5) is 5.69 Å². The average Bonchev–Trinajstić information content (AvgIpc) is 2.49. The van der Waals surface area contributed by atoms with Gasteiger partial charge in [0.25, 0.3) is 0 Å². The van der Waals surface area contributed by atoms with Gasteiger partial charge in [0, 0.05) is 18.5 Å². The number of aromatic nitrogens is 2. The van der Waals surface area contributed by atoms with Crippen molar-refractivity contribution in [1.82, 2.24) is 15.2 Å². The number of nitrogens with one attached hydrogen (secondary N) is 1. The molecule has 2 heterocycles. The van der Waals surface area contributed by atoms with Gasteiger partial charge in [-0.2, -0.15) is 5.26 Å². The monoisotopic (exact) mass is 253 g/mol. The molecule has 0 bridgehead atoms. The Hall–Kier alpha value is -2.19. The van der Waals surface area contributed by atoms with Gasteiger partial charge in [-0.25, -0.2) is 5.01 Å². The summed E-state index contributed by atoms with van der Waals surface area (Å²) in [4.78, 5) is 0. The number of nitriles is 1. The van der Waals surface area contributed by atoms with Gasteiger partial charge in [0.05, 0.1) is 11.2 Å². The number of anilines is 1. The van der Waals surface area contributed by atoms with Crippen LogP contribution in [0.2, 0.25) is 0 Å². The molecular formula is C14H15N5. The fraction of sp³-hybridized carbons (Fsp3) is 0.357. The zero-order valence-corrected chi connectivity index (χ0v) is 10.6. The first-order valence-electron chi connectivity index (χ1n) is 6.55. The number of benzene rings is 1. The first-order chi connectivity index (χ1) is 9.38. The van der Waals surface area contributed by atoms with E-state index >= 15 is 0 Å².